The maximum atomic E-state index is 14.0. The monoisotopic (exact) mass is 562 g/mol. The van der Waals surface area contributed by atoms with Gasteiger partial charge in [0.25, 0.3) is 0 Å². The lowest BCUT2D eigenvalue weighted by atomic mass is 10.0. The first-order valence-electron chi connectivity index (χ1n) is 13.0. The van der Waals surface area contributed by atoms with E-state index >= 15 is 0 Å². The third kappa shape index (κ3) is 4.27. The molecule has 4 aromatic heterocycles. The van der Waals surface area contributed by atoms with Crippen molar-refractivity contribution in [1.82, 2.24) is 24.8 Å². The van der Waals surface area contributed by atoms with Crippen molar-refractivity contribution in [2.45, 2.75) is 39.7 Å². The Morgan fingerprint density at radius 3 is 2.72 bits per heavy atom. The van der Waals surface area contributed by atoms with Crippen molar-refractivity contribution in [3.63, 3.8) is 0 Å². The van der Waals surface area contributed by atoms with Gasteiger partial charge in [-0.05, 0) is 55.7 Å². The van der Waals surface area contributed by atoms with Crippen LogP contribution in [0.5, 0.6) is 0 Å². The predicted octanol–water partition coefficient (Wildman–Crippen LogP) is 6.13. The minimum atomic E-state index is -0.427. The molecule has 200 valence electrons. The summed E-state index contributed by atoms with van der Waals surface area (Å²) in [6.07, 6.45) is 3.37. The van der Waals surface area contributed by atoms with Crippen LogP contribution in [0.25, 0.3) is 38.9 Å². The van der Waals surface area contributed by atoms with Gasteiger partial charge in [-0.2, -0.15) is 4.98 Å². The van der Waals surface area contributed by atoms with Gasteiger partial charge in [0.15, 0.2) is 5.65 Å². The van der Waals surface area contributed by atoms with E-state index in [2.05, 4.69) is 41.0 Å². The molecule has 1 aliphatic rings. The highest BCUT2D eigenvalue weighted by Crippen LogP contribution is 2.41. The van der Waals surface area contributed by atoms with Crippen molar-refractivity contribution < 1.29 is 4.42 Å². The number of hydrogen-bond acceptors (Lipinski definition) is 7. The fraction of sp³-hybridized carbons (Fsp3) is 0.310. The highest BCUT2D eigenvalue weighted by Gasteiger charge is 2.28. The number of pyridine rings is 2. The largest absolute Gasteiger partial charge is 0.464 e. The molecule has 1 saturated heterocycles. The molecule has 6 rings (SSSR count). The maximum absolute atomic E-state index is 14.0. The number of halogens is 2. The van der Waals surface area contributed by atoms with E-state index in [9.17, 15) is 4.79 Å². The van der Waals surface area contributed by atoms with Gasteiger partial charge in [0.1, 0.15) is 11.4 Å². The fourth-order valence-electron chi connectivity index (χ4n) is 5.37. The summed E-state index contributed by atoms with van der Waals surface area (Å²) in [5.41, 5.74) is 3.96. The Balaban J connectivity index is 1.75. The van der Waals surface area contributed by atoms with E-state index in [0.717, 1.165) is 29.7 Å². The van der Waals surface area contributed by atoms with Gasteiger partial charge >= 0.3 is 5.69 Å². The summed E-state index contributed by atoms with van der Waals surface area (Å²) in [6, 6.07) is 9.40. The average Bonchev–Trinajstić information content (AvgIpc) is 3.38. The Bertz CT molecular complexity index is 1800. The lowest BCUT2D eigenvalue weighted by Gasteiger charge is -2.35. The molecule has 0 unspecified atom stereocenters. The summed E-state index contributed by atoms with van der Waals surface area (Å²) in [5, 5.41) is 5.78. The number of rotatable bonds is 4. The number of nitrogens with one attached hydrogen (secondary N) is 1. The van der Waals surface area contributed by atoms with Gasteiger partial charge in [-0.3, -0.25) is 4.98 Å². The molecule has 1 N–H and O–H groups in total. The van der Waals surface area contributed by atoms with Crippen LogP contribution in [-0.4, -0.2) is 45.2 Å². The summed E-state index contributed by atoms with van der Waals surface area (Å²) in [4.78, 5) is 30.4. The molecule has 0 spiro atoms. The molecule has 8 nitrogen and oxygen atoms in total. The number of aryl methyl sites for hydroxylation is 1. The molecular formula is C29H28Cl2N6O2. The molecule has 0 radical (unpaired) electrons. The number of hydrogen-bond donors (Lipinski definition) is 1. The molecule has 0 amide bonds. The predicted molar refractivity (Wildman–Crippen MR) is 157 cm³/mol. The van der Waals surface area contributed by atoms with Crippen LogP contribution in [0.1, 0.15) is 37.9 Å². The van der Waals surface area contributed by atoms with Crippen molar-refractivity contribution in [2.75, 3.05) is 24.5 Å². The summed E-state index contributed by atoms with van der Waals surface area (Å²) in [5.74, 6) is 0.629. The van der Waals surface area contributed by atoms with Gasteiger partial charge in [-0.1, -0.05) is 37.0 Å². The lowest BCUT2D eigenvalue weighted by Crippen LogP contribution is -2.50. The summed E-state index contributed by atoms with van der Waals surface area (Å²) >= 11 is 13.7. The number of furan rings is 1. The first-order chi connectivity index (χ1) is 18.8. The smallest absolute Gasteiger partial charge is 0.355 e. The summed E-state index contributed by atoms with van der Waals surface area (Å²) in [7, 11) is 0. The highest BCUT2D eigenvalue weighted by atomic mass is 35.5. The van der Waals surface area contributed by atoms with Crippen LogP contribution in [0, 0.1) is 6.92 Å². The molecular weight excluding hydrogens is 535 g/mol. The molecule has 1 atom stereocenters. The van der Waals surface area contributed by atoms with Crippen LogP contribution < -0.4 is 15.9 Å². The Labute approximate surface area is 235 Å². The summed E-state index contributed by atoms with van der Waals surface area (Å²) < 4.78 is 7.37. The van der Waals surface area contributed by atoms with Gasteiger partial charge < -0.3 is 14.6 Å². The Morgan fingerprint density at radius 1 is 1.13 bits per heavy atom. The molecule has 0 aliphatic carbocycles. The summed E-state index contributed by atoms with van der Waals surface area (Å²) in [6.45, 7) is 10.4. The van der Waals surface area contributed by atoms with Gasteiger partial charge in [0.2, 0.25) is 0 Å². The molecule has 0 saturated carbocycles. The van der Waals surface area contributed by atoms with E-state index < -0.39 is 5.69 Å². The van der Waals surface area contributed by atoms with E-state index in [0.29, 0.717) is 56.0 Å². The molecule has 1 aliphatic heterocycles. The lowest BCUT2D eigenvalue weighted by molar-refractivity contribution is 0.497. The van der Waals surface area contributed by atoms with Crippen molar-refractivity contribution in [3.05, 3.63) is 74.6 Å². The second kappa shape index (κ2) is 9.93. The van der Waals surface area contributed by atoms with E-state index in [-0.39, 0.29) is 12.0 Å². The van der Waals surface area contributed by atoms with Crippen molar-refractivity contribution in [2.24, 2.45) is 0 Å². The van der Waals surface area contributed by atoms with Crippen molar-refractivity contribution in [1.29, 1.82) is 0 Å². The molecule has 1 aromatic carbocycles. The second-order valence-corrected chi connectivity index (χ2v) is 11.1. The zero-order valence-corrected chi connectivity index (χ0v) is 23.6. The van der Waals surface area contributed by atoms with Crippen molar-refractivity contribution >= 4 is 51.0 Å². The fourth-order valence-corrected chi connectivity index (χ4v) is 5.86. The van der Waals surface area contributed by atoms with E-state index in [1.165, 1.54) is 0 Å². The quantitative estimate of drug-likeness (QED) is 0.282. The zero-order valence-electron chi connectivity index (χ0n) is 22.1. The number of piperazine rings is 1. The number of anilines is 1. The highest BCUT2D eigenvalue weighted by molar-refractivity contribution is 6.38. The number of fused-ring (bicyclic) bond motifs is 2. The van der Waals surface area contributed by atoms with Crippen LogP contribution in [0.3, 0.4) is 0 Å². The molecule has 1 fully saturated rings. The van der Waals surface area contributed by atoms with Crippen LogP contribution in [0.2, 0.25) is 10.0 Å². The third-order valence-electron chi connectivity index (χ3n) is 7.31. The Morgan fingerprint density at radius 2 is 1.95 bits per heavy atom. The van der Waals surface area contributed by atoms with E-state index in [4.69, 9.17) is 32.6 Å². The normalized spacial score (nSPS) is 16.1. The van der Waals surface area contributed by atoms with Crippen molar-refractivity contribution in [3.8, 4) is 16.9 Å². The SMILES string of the molecule is Cc1ccnc(C(C)C)c1-n1c(=O)nc(N2CCNC[C@@H]2C)c2cc(Cl)c(-c3c(Cl)ccc4ccoc34)nc21. The minimum Gasteiger partial charge on any atom is -0.464 e. The number of nitrogens with zero attached hydrogens (tertiary/aromatic N) is 5. The van der Waals surface area contributed by atoms with Crippen LogP contribution in [0.4, 0.5) is 5.82 Å². The third-order valence-corrected chi connectivity index (χ3v) is 7.91. The molecule has 0 bridgehead atoms. The number of benzene rings is 1. The standard InChI is InChI=1S/C29H28Cl2N6O2/c1-15(2)23-25(16(3)7-9-33-23)37-28-19(27(35-29(37)38)36-11-10-32-14-17(36)4)13-21(31)24(34-28)22-20(30)6-5-18-8-12-39-26(18)22/h5-9,12-13,15,17,32H,10-11,14H2,1-4H3/t17-/m0/s1. The molecule has 10 heteroatoms. The minimum absolute atomic E-state index is 0.0628. The topological polar surface area (TPSA) is 89.1 Å². The Kier molecular flexibility index (Phi) is 6.57. The van der Waals surface area contributed by atoms with Gasteiger partial charge in [-0.25, -0.2) is 14.3 Å². The van der Waals surface area contributed by atoms with Gasteiger partial charge in [0, 0.05) is 37.3 Å². The van der Waals surface area contributed by atoms with E-state index in [1.807, 2.05) is 31.2 Å². The first kappa shape index (κ1) is 25.8. The maximum Gasteiger partial charge on any atom is 0.355 e. The number of aromatic nitrogens is 4. The first-order valence-corrected chi connectivity index (χ1v) is 13.7. The van der Waals surface area contributed by atoms with Crippen LogP contribution in [0.15, 0.2) is 52.0 Å². The van der Waals surface area contributed by atoms with Gasteiger partial charge in [0.05, 0.1) is 44.3 Å². The second-order valence-electron chi connectivity index (χ2n) is 10.3. The molecule has 5 heterocycles. The Hall–Kier alpha value is -3.46. The van der Waals surface area contributed by atoms with Crippen LogP contribution in [-0.2, 0) is 0 Å². The zero-order chi connectivity index (χ0) is 27.4. The molecule has 5 aromatic rings. The molecule has 39 heavy (non-hydrogen) atoms. The average molecular weight is 563 g/mol. The van der Waals surface area contributed by atoms with Gasteiger partial charge in [-0.15, -0.1) is 0 Å². The van der Waals surface area contributed by atoms with E-state index in [1.54, 1.807) is 23.1 Å². The van der Waals surface area contributed by atoms with Crippen LogP contribution >= 0.6 is 23.2 Å².